The van der Waals surface area contributed by atoms with E-state index in [-0.39, 0.29) is 15.4 Å². The molecule has 1 N–H and O–H groups in total. The van der Waals surface area contributed by atoms with Crippen molar-refractivity contribution in [2.24, 2.45) is 0 Å². The lowest BCUT2D eigenvalue weighted by atomic mass is 10.2. The molecule has 0 saturated carbocycles. The van der Waals surface area contributed by atoms with Gasteiger partial charge in [-0.3, -0.25) is 9.78 Å². The predicted octanol–water partition coefficient (Wildman–Crippen LogP) is 2.99. The second kappa shape index (κ2) is 4.91. The lowest BCUT2D eigenvalue weighted by Crippen LogP contribution is -2.11. The van der Waals surface area contributed by atoms with Gasteiger partial charge >= 0.3 is 0 Å². The van der Waals surface area contributed by atoms with Crippen molar-refractivity contribution in [3.8, 4) is 0 Å². The number of rotatable bonds is 2. The molecule has 0 saturated heterocycles. The average Bonchev–Trinajstić information content (AvgIpc) is 2.86. The molecule has 7 heteroatoms. The Kier molecular flexibility index (Phi) is 3.10. The van der Waals surface area contributed by atoms with E-state index in [0.29, 0.717) is 5.69 Å². The molecule has 0 atom stereocenters. The van der Waals surface area contributed by atoms with E-state index in [9.17, 15) is 4.79 Å². The first kappa shape index (κ1) is 12.0. The fourth-order valence-corrected chi connectivity index (χ4v) is 2.41. The quantitative estimate of drug-likeness (QED) is 0.788. The normalized spacial score (nSPS) is 10.6. The number of fused-ring (bicyclic) bond motifs is 1. The van der Waals surface area contributed by atoms with E-state index in [4.69, 9.17) is 11.6 Å². The minimum absolute atomic E-state index is 0.228. The van der Waals surface area contributed by atoms with Gasteiger partial charge in [0.15, 0.2) is 0 Å². The summed E-state index contributed by atoms with van der Waals surface area (Å²) < 4.78 is 0.240. The van der Waals surface area contributed by atoms with Crippen LogP contribution in [0.5, 0.6) is 0 Å². The summed E-state index contributed by atoms with van der Waals surface area (Å²) in [4.78, 5) is 16.2. The van der Waals surface area contributed by atoms with Crippen molar-refractivity contribution in [3.63, 3.8) is 0 Å². The van der Waals surface area contributed by atoms with Crippen LogP contribution in [-0.4, -0.2) is 21.1 Å². The van der Waals surface area contributed by atoms with Gasteiger partial charge in [0.05, 0.1) is 11.2 Å². The number of hydrogen-bond donors (Lipinski definition) is 1. The molecule has 5 nitrogen and oxygen atoms in total. The molecule has 2 aromatic heterocycles. The SMILES string of the molecule is O=C(Nc1cccc2ncccc12)c1nnc(Cl)s1. The van der Waals surface area contributed by atoms with Crippen LogP contribution in [0, 0.1) is 0 Å². The van der Waals surface area contributed by atoms with Crippen LogP contribution in [-0.2, 0) is 0 Å². The first-order valence-corrected chi connectivity index (χ1v) is 6.57. The molecule has 0 spiro atoms. The molecule has 0 unspecified atom stereocenters. The monoisotopic (exact) mass is 290 g/mol. The fraction of sp³-hybridized carbons (Fsp3) is 0. The molecule has 0 aliphatic carbocycles. The molecule has 2 heterocycles. The molecular formula is C12H7ClN4OS. The third kappa shape index (κ3) is 2.40. The lowest BCUT2D eigenvalue weighted by molar-refractivity contribution is 0.102. The molecule has 0 radical (unpaired) electrons. The molecule has 0 bridgehead atoms. The summed E-state index contributed by atoms with van der Waals surface area (Å²) in [6.45, 7) is 0. The van der Waals surface area contributed by atoms with Crippen molar-refractivity contribution < 1.29 is 4.79 Å². The summed E-state index contributed by atoms with van der Waals surface area (Å²) in [7, 11) is 0. The highest BCUT2D eigenvalue weighted by atomic mass is 35.5. The summed E-state index contributed by atoms with van der Waals surface area (Å²) >= 11 is 6.69. The number of carbonyl (C=O) groups excluding carboxylic acids is 1. The van der Waals surface area contributed by atoms with Crippen molar-refractivity contribution in [1.82, 2.24) is 15.2 Å². The molecule has 19 heavy (non-hydrogen) atoms. The number of nitrogens with zero attached hydrogens (tertiary/aromatic N) is 3. The van der Waals surface area contributed by atoms with E-state index in [2.05, 4.69) is 20.5 Å². The number of halogens is 1. The zero-order valence-electron chi connectivity index (χ0n) is 9.50. The molecule has 0 aliphatic rings. The summed E-state index contributed by atoms with van der Waals surface area (Å²) in [5.41, 5.74) is 1.50. The van der Waals surface area contributed by atoms with Crippen LogP contribution < -0.4 is 5.32 Å². The maximum absolute atomic E-state index is 12.0. The molecule has 94 valence electrons. The highest BCUT2D eigenvalue weighted by molar-refractivity contribution is 7.17. The van der Waals surface area contributed by atoms with E-state index in [1.807, 2.05) is 30.3 Å². The number of pyridine rings is 1. The molecule has 1 amide bonds. The topological polar surface area (TPSA) is 67.8 Å². The van der Waals surface area contributed by atoms with Crippen LogP contribution in [0.3, 0.4) is 0 Å². The molecule has 0 fully saturated rings. The number of nitrogens with one attached hydrogen (secondary N) is 1. The van der Waals surface area contributed by atoms with Gasteiger partial charge in [-0.25, -0.2) is 0 Å². The molecular weight excluding hydrogens is 284 g/mol. The van der Waals surface area contributed by atoms with Crippen LogP contribution in [0.4, 0.5) is 5.69 Å². The predicted molar refractivity (Wildman–Crippen MR) is 74.6 cm³/mol. The number of amides is 1. The van der Waals surface area contributed by atoms with Crippen LogP contribution in [0.2, 0.25) is 4.47 Å². The molecule has 3 rings (SSSR count). The van der Waals surface area contributed by atoms with Gasteiger partial charge < -0.3 is 5.32 Å². The third-order valence-electron chi connectivity index (χ3n) is 2.49. The largest absolute Gasteiger partial charge is 0.319 e. The van der Waals surface area contributed by atoms with Crippen LogP contribution in [0.1, 0.15) is 9.80 Å². The van der Waals surface area contributed by atoms with Crippen molar-refractivity contribution in [2.45, 2.75) is 0 Å². The van der Waals surface area contributed by atoms with Gasteiger partial charge in [-0.1, -0.05) is 17.4 Å². The van der Waals surface area contributed by atoms with E-state index in [0.717, 1.165) is 22.2 Å². The van der Waals surface area contributed by atoms with Gasteiger partial charge in [-0.05, 0) is 35.9 Å². The van der Waals surface area contributed by atoms with Gasteiger partial charge in [-0.2, -0.15) is 0 Å². The van der Waals surface area contributed by atoms with Gasteiger partial charge in [0, 0.05) is 11.6 Å². The standard InChI is InChI=1S/C12H7ClN4OS/c13-12-17-16-11(19-12)10(18)15-9-5-1-4-8-7(9)3-2-6-14-8/h1-6H,(H,15,18). The highest BCUT2D eigenvalue weighted by Crippen LogP contribution is 2.23. The van der Waals surface area contributed by atoms with Crippen molar-refractivity contribution in [1.29, 1.82) is 0 Å². The van der Waals surface area contributed by atoms with Crippen molar-refractivity contribution in [3.05, 3.63) is 46.0 Å². The summed E-state index contributed by atoms with van der Waals surface area (Å²) in [6, 6.07) is 9.24. The number of carbonyl (C=O) groups is 1. The first-order chi connectivity index (χ1) is 9.24. The van der Waals surface area contributed by atoms with Gasteiger partial charge in [0.25, 0.3) is 5.91 Å². The summed E-state index contributed by atoms with van der Waals surface area (Å²) in [6.07, 6.45) is 1.71. The average molecular weight is 291 g/mol. The number of aromatic nitrogens is 3. The Bertz CT molecular complexity index is 753. The van der Waals surface area contributed by atoms with E-state index in [1.54, 1.807) is 6.20 Å². The lowest BCUT2D eigenvalue weighted by Gasteiger charge is -2.06. The molecule has 1 aromatic carbocycles. The Morgan fingerprint density at radius 1 is 1.21 bits per heavy atom. The summed E-state index contributed by atoms with van der Waals surface area (Å²) in [5.74, 6) is -0.333. The maximum atomic E-state index is 12.0. The zero-order chi connectivity index (χ0) is 13.2. The maximum Gasteiger partial charge on any atom is 0.286 e. The summed E-state index contributed by atoms with van der Waals surface area (Å²) in [5, 5.41) is 11.2. The minimum atomic E-state index is -0.333. The van der Waals surface area contributed by atoms with E-state index < -0.39 is 0 Å². The fourth-order valence-electron chi connectivity index (χ4n) is 1.69. The molecule has 0 aliphatic heterocycles. The van der Waals surface area contributed by atoms with Crippen LogP contribution >= 0.6 is 22.9 Å². The number of anilines is 1. The Labute approximate surface area is 117 Å². The van der Waals surface area contributed by atoms with Gasteiger partial charge in [0.2, 0.25) is 9.47 Å². The molecule has 3 aromatic rings. The van der Waals surface area contributed by atoms with Crippen molar-refractivity contribution >= 4 is 45.4 Å². The van der Waals surface area contributed by atoms with E-state index >= 15 is 0 Å². The highest BCUT2D eigenvalue weighted by Gasteiger charge is 2.13. The Hall–Kier alpha value is -2.05. The Balaban J connectivity index is 1.95. The Morgan fingerprint density at radius 2 is 2.11 bits per heavy atom. The van der Waals surface area contributed by atoms with Crippen molar-refractivity contribution in [2.75, 3.05) is 5.32 Å². The smallest absolute Gasteiger partial charge is 0.286 e. The number of hydrogen-bond acceptors (Lipinski definition) is 5. The third-order valence-corrected chi connectivity index (χ3v) is 3.51. The van der Waals surface area contributed by atoms with Gasteiger partial charge in [-0.15, -0.1) is 10.2 Å². The van der Waals surface area contributed by atoms with Crippen LogP contribution in [0.25, 0.3) is 10.9 Å². The second-order valence-electron chi connectivity index (χ2n) is 3.69. The van der Waals surface area contributed by atoms with Gasteiger partial charge in [0.1, 0.15) is 0 Å². The van der Waals surface area contributed by atoms with E-state index in [1.165, 1.54) is 0 Å². The van der Waals surface area contributed by atoms with Crippen LogP contribution in [0.15, 0.2) is 36.5 Å². The zero-order valence-corrected chi connectivity index (χ0v) is 11.1. The Morgan fingerprint density at radius 3 is 2.89 bits per heavy atom. The minimum Gasteiger partial charge on any atom is -0.319 e. The number of benzene rings is 1. The first-order valence-electron chi connectivity index (χ1n) is 5.38. The second-order valence-corrected chi connectivity index (χ2v) is 5.25.